The van der Waals surface area contributed by atoms with Gasteiger partial charge >= 0.3 is 0 Å². The summed E-state index contributed by atoms with van der Waals surface area (Å²) in [6.07, 6.45) is 0. The number of sulfonamides is 1. The fraction of sp³-hybridized carbons (Fsp3) is 0.217. The smallest absolute Gasteiger partial charge is 0.264 e. The molecule has 2 aromatic carbocycles. The molecule has 0 fully saturated rings. The number of hydrogen-bond donors (Lipinski definition) is 1. The molecule has 3 aromatic rings. The van der Waals surface area contributed by atoms with Crippen molar-refractivity contribution in [2.75, 3.05) is 17.5 Å². The highest BCUT2D eigenvalue weighted by Crippen LogP contribution is 2.25. The summed E-state index contributed by atoms with van der Waals surface area (Å²) in [5, 5.41) is 6.02. The standard InChI is InChI=1S/C23H25N3O4S2/c1-4-30-20-11-13-21(14-12-20)32(28,29)26(19-9-7-17(2)8-10-19)16-23(27)25-24-18(3)22-6-5-15-31-22/h5-15H,4,16H2,1-3H3,(H,25,27)/b24-18+. The molecular formula is C23H25N3O4S2. The minimum absolute atomic E-state index is 0.0626. The summed E-state index contributed by atoms with van der Waals surface area (Å²) < 4.78 is 33.3. The predicted molar refractivity (Wildman–Crippen MR) is 128 cm³/mol. The van der Waals surface area contributed by atoms with Gasteiger partial charge in [0.25, 0.3) is 15.9 Å². The van der Waals surface area contributed by atoms with E-state index in [9.17, 15) is 13.2 Å². The molecule has 0 saturated heterocycles. The number of carbonyl (C=O) groups is 1. The Bertz CT molecular complexity index is 1170. The highest BCUT2D eigenvalue weighted by atomic mass is 32.2. The highest BCUT2D eigenvalue weighted by Gasteiger charge is 2.27. The first-order valence-electron chi connectivity index (χ1n) is 10.0. The molecule has 0 spiro atoms. The molecule has 0 aliphatic rings. The summed E-state index contributed by atoms with van der Waals surface area (Å²) in [6.45, 7) is 5.60. The van der Waals surface area contributed by atoms with Crippen molar-refractivity contribution in [1.82, 2.24) is 5.43 Å². The lowest BCUT2D eigenvalue weighted by molar-refractivity contribution is -0.119. The molecule has 0 aliphatic carbocycles. The van der Waals surface area contributed by atoms with Crippen molar-refractivity contribution in [3.63, 3.8) is 0 Å². The maximum atomic E-state index is 13.4. The van der Waals surface area contributed by atoms with Crippen molar-refractivity contribution in [1.29, 1.82) is 0 Å². The Balaban J connectivity index is 1.87. The second-order valence-corrected chi connectivity index (χ2v) is 9.77. The van der Waals surface area contributed by atoms with Crippen LogP contribution < -0.4 is 14.5 Å². The van der Waals surface area contributed by atoms with Gasteiger partial charge in [0.15, 0.2) is 0 Å². The van der Waals surface area contributed by atoms with Crippen LogP contribution in [0.25, 0.3) is 0 Å². The van der Waals surface area contributed by atoms with E-state index in [1.54, 1.807) is 43.3 Å². The number of benzene rings is 2. The third kappa shape index (κ3) is 5.74. The molecule has 0 saturated carbocycles. The van der Waals surface area contributed by atoms with Gasteiger partial charge in [-0.25, -0.2) is 13.8 Å². The zero-order valence-electron chi connectivity index (χ0n) is 18.1. The molecule has 0 aliphatic heterocycles. The van der Waals surface area contributed by atoms with Crippen molar-refractivity contribution in [3.05, 3.63) is 76.5 Å². The average molecular weight is 472 g/mol. The number of nitrogens with one attached hydrogen (secondary N) is 1. The van der Waals surface area contributed by atoms with E-state index in [-0.39, 0.29) is 4.90 Å². The zero-order chi connectivity index (χ0) is 23.1. The molecule has 1 aromatic heterocycles. The molecular weight excluding hydrogens is 446 g/mol. The maximum Gasteiger partial charge on any atom is 0.264 e. The molecule has 3 rings (SSSR count). The van der Waals surface area contributed by atoms with E-state index < -0.39 is 22.5 Å². The summed E-state index contributed by atoms with van der Waals surface area (Å²) >= 11 is 1.50. The maximum absolute atomic E-state index is 13.4. The molecule has 0 unspecified atom stereocenters. The second-order valence-electron chi connectivity index (χ2n) is 6.96. The first-order chi connectivity index (χ1) is 15.3. The van der Waals surface area contributed by atoms with Crippen LogP contribution in [-0.2, 0) is 14.8 Å². The van der Waals surface area contributed by atoms with Gasteiger partial charge in [-0.1, -0.05) is 23.8 Å². The van der Waals surface area contributed by atoms with Crippen LogP contribution in [0.2, 0.25) is 0 Å². The number of carbonyl (C=O) groups excluding carboxylic acids is 1. The lowest BCUT2D eigenvalue weighted by atomic mass is 10.2. The van der Waals surface area contributed by atoms with Gasteiger partial charge in [-0.15, -0.1) is 11.3 Å². The lowest BCUT2D eigenvalue weighted by Gasteiger charge is -2.24. The Labute approximate surface area is 192 Å². The predicted octanol–water partition coefficient (Wildman–Crippen LogP) is 4.19. The minimum atomic E-state index is -4.00. The lowest BCUT2D eigenvalue weighted by Crippen LogP contribution is -2.39. The SMILES string of the molecule is CCOc1ccc(S(=O)(=O)N(CC(=O)N/N=C(\C)c2cccs2)c2ccc(C)cc2)cc1. The van der Waals surface area contributed by atoms with Gasteiger partial charge in [0, 0.05) is 4.88 Å². The van der Waals surface area contributed by atoms with Crippen LogP contribution in [-0.4, -0.2) is 33.2 Å². The second kappa shape index (κ2) is 10.4. The first kappa shape index (κ1) is 23.5. The van der Waals surface area contributed by atoms with Gasteiger partial charge in [0.2, 0.25) is 0 Å². The van der Waals surface area contributed by atoms with Crippen LogP contribution in [0.5, 0.6) is 5.75 Å². The van der Waals surface area contributed by atoms with Gasteiger partial charge < -0.3 is 4.74 Å². The van der Waals surface area contributed by atoms with Gasteiger partial charge in [0.1, 0.15) is 12.3 Å². The van der Waals surface area contributed by atoms with E-state index >= 15 is 0 Å². The van der Waals surface area contributed by atoms with Crippen molar-refractivity contribution < 1.29 is 17.9 Å². The average Bonchev–Trinajstić information content (AvgIpc) is 3.32. The summed E-state index contributed by atoms with van der Waals surface area (Å²) in [4.78, 5) is 13.6. The van der Waals surface area contributed by atoms with E-state index in [4.69, 9.17) is 4.74 Å². The number of hydrogen-bond acceptors (Lipinski definition) is 6. The Morgan fingerprint density at radius 1 is 1.09 bits per heavy atom. The molecule has 168 valence electrons. The van der Waals surface area contributed by atoms with Crippen LogP contribution >= 0.6 is 11.3 Å². The Kier molecular flexibility index (Phi) is 7.66. The van der Waals surface area contributed by atoms with E-state index in [1.165, 1.54) is 23.5 Å². The number of amides is 1. The molecule has 9 heteroatoms. The molecule has 1 amide bonds. The Morgan fingerprint density at radius 3 is 2.38 bits per heavy atom. The summed E-state index contributed by atoms with van der Waals surface area (Å²) in [5.74, 6) is 0.0282. The Morgan fingerprint density at radius 2 is 1.78 bits per heavy atom. The normalized spacial score (nSPS) is 11.8. The van der Waals surface area contributed by atoms with Crippen molar-refractivity contribution in [2.45, 2.75) is 25.7 Å². The molecule has 1 N–H and O–H groups in total. The molecule has 0 bridgehead atoms. The van der Waals surface area contributed by atoms with Crippen LogP contribution in [0.1, 0.15) is 24.3 Å². The third-order valence-electron chi connectivity index (χ3n) is 4.56. The molecule has 7 nitrogen and oxygen atoms in total. The largest absolute Gasteiger partial charge is 0.494 e. The third-order valence-corrected chi connectivity index (χ3v) is 7.32. The van der Waals surface area contributed by atoms with E-state index in [0.29, 0.717) is 23.8 Å². The van der Waals surface area contributed by atoms with Crippen LogP contribution in [0.3, 0.4) is 0 Å². The van der Waals surface area contributed by atoms with E-state index in [0.717, 1.165) is 14.7 Å². The molecule has 0 radical (unpaired) electrons. The van der Waals surface area contributed by atoms with E-state index in [2.05, 4.69) is 10.5 Å². The molecule has 32 heavy (non-hydrogen) atoms. The molecule has 0 atom stereocenters. The van der Waals surface area contributed by atoms with E-state index in [1.807, 2.05) is 31.4 Å². The number of hydrazone groups is 1. The van der Waals surface area contributed by atoms with Crippen LogP contribution in [0.4, 0.5) is 5.69 Å². The summed E-state index contributed by atoms with van der Waals surface area (Å²) in [5.41, 5.74) is 4.47. The fourth-order valence-corrected chi connectivity index (χ4v) is 4.98. The fourth-order valence-electron chi connectivity index (χ4n) is 2.88. The number of anilines is 1. The topological polar surface area (TPSA) is 88.1 Å². The number of rotatable bonds is 9. The number of aryl methyl sites for hydroxylation is 1. The van der Waals surface area contributed by atoms with Gasteiger partial charge in [-0.05, 0) is 68.6 Å². The minimum Gasteiger partial charge on any atom is -0.494 e. The number of nitrogens with zero attached hydrogens (tertiary/aromatic N) is 2. The zero-order valence-corrected chi connectivity index (χ0v) is 19.7. The quantitative estimate of drug-likeness (QED) is 0.374. The summed E-state index contributed by atoms with van der Waals surface area (Å²) in [6, 6.07) is 16.9. The Hall–Kier alpha value is -3.17. The number of ether oxygens (including phenoxy) is 1. The monoisotopic (exact) mass is 471 g/mol. The van der Waals surface area contributed by atoms with Crippen LogP contribution in [0, 0.1) is 6.92 Å². The van der Waals surface area contributed by atoms with Gasteiger partial charge in [-0.3, -0.25) is 9.10 Å². The summed E-state index contributed by atoms with van der Waals surface area (Å²) in [7, 11) is -4.00. The highest BCUT2D eigenvalue weighted by molar-refractivity contribution is 7.92. The van der Waals surface area contributed by atoms with Gasteiger partial charge in [0.05, 0.1) is 22.9 Å². The molecule has 1 heterocycles. The van der Waals surface area contributed by atoms with Crippen molar-refractivity contribution in [2.24, 2.45) is 5.10 Å². The first-order valence-corrected chi connectivity index (χ1v) is 12.3. The van der Waals surface area contributed by atoms with Gasteiger partial charge in [-0.2, -0.15) is 5.10 Å². The van der Waals surface area contributed by atoms with Crippen LogP contribution in [0.15, 0.2) is 76.0 Å². The van der Waals surface area contributed by atoms with Crippen molar-refractivity contribution in [3.8, 4) is 5.75 Å². The van der Waals surface area contributed by atoms with Crippen molar-refractivity contribution >= 4 is 38.7 Å². The number of thiophene rings is 1.